The van der Waals surface area contributed by atoms with E-state index >= 15 is 0 Å². The van der Waals surface area contributed by atoms with Crippen LogP contribution in [0.15, 0.2) is 95.9 Å². The highest BCUT2D eigenvalue weighted by Gasteiger charge is 2.35. The fraction of sp³-hybridized carbons (Fsp3) is 0.297. The Bertz CT molecular complexity index is 1850. The van der Waals surface area contributed by atoms with Gasteiger partial charge >= 0.3 is 0 Å². The van der Waals surface area contributed by atoms with Gasteiger partial charge in [-0.25, -0.2) is 8.42 Å². The summed E-state index contributed by atoms with van der Waals surface area (Å²) in [6, 6.07) is 24.2. The van der Waals surface area contributed by atoms with Gasteiger partial charge in [-0.1, -0.05) is 91.1 Å². The van der Waals surface area contributed by atoms with Crippen LogP contribution in [0.5, 0.6) is 11.5 Å². The first-order valence-electron chi connectivity index (χ1n) is 15.7. The van der Waals surface area contributed by atoms with Crippen molar-refractivity contribution >= 4 is 50.7 Å². The first kappa shape index (κ1) is 37.6. The van der Waals surface area contributed by atoms with Gasteiger partial charge in [0.15, 0.2) is 11.5 Å². The van der Waals surface area contributed by atoms with E-state index in [4.69, 9.17) is 32.7 Å². The molecular weight excluding hydrogens is 685 g/mol. The Hall–Kier alpha value is -4.25. The number of anilines is 1. The quantitative estimate of drug-likeness (QED) is 0.143. The molecule has 12 heteroatoms. The van der Waals surface area contributed by atoms with Crippen LogP contribution in [0.1, 0.15) is 30.5 Å². The minimum Gasteiger partial charge on any atom is -0.493 e. The van der Waals surface area contributed by atoms with Crippen molar-refractivity contribution in [3.8, 4) is 11.5 Å². The molecule has 2 amide bonds. The maximum atomic E-state index is 14.7. The zero-order chi connectivity index (χ0) is 35.7. The minimum absolute atomic E-state index is 0.0107. The van der Waals surface area contributed by atoms with Gasteiger partial charge in [0.1, 0.15) is 12.6 Å². The van der Waals surface area contributed by atoms with Gasteiger partial charge in [0.05, 0.1) is 24.8 Å². The number of carbonyl (C=O) groups is 2. The van der Waals surface area contributed by atoms with E-state index in [1.54, 1.807) is 36.4 Å². The van der Waals surface area contributed by atoms with E-state index < -0.39 is 28.5 Å². The highest BCUT2D eigenvalue weighted by Crippen LogP contribution is 2.34. The fourth-order valence-corrected chi connectivity index (χ4v) is 7.03. The summed E-state index contributed by atoms with van der Waals surface area (Å²) >= 11 is 12.8. The molecule has 9 nitrogen and oxygen atoms in total. The van der Waals surface area contributed by atoms with Crippen molar-refractivity contribution in [1.82, 2.24) is 10.2 Å². The Morgan fingerprint density at radius 2 is 1.53 bits per heavy atom. The van der Waals surface area contributed by atoms with Crippen LogP contribution in [0.2, 0.25) is 10.0 Å². The average Bonchev–Trinajstić information content (AvgIpc) is 3.08. The summed E-state index contributed by atoms with van der Waals surface area (Å²) in [4.78, 5) is 30.0. The van der Waals surface area contributed by atoms with Crippen LogP contribution in [0, 0.1) is 12.8 Å². The van der Waals surface area contributed by atoms with Gasteiger partial charge in [-0.05, 0) is 60.4 Å². The molecule has 4 rings (SSSR count). The van der Waals surface area contributed by atoms with Crippen LogP contribution >= 0.6 is 23.2 Å². The zero-order valence-electron chi connectivity index (χ0n) is 28.2. The third-order valence-electron chi connectivity index (χ3n) is 7.85. The normalized spacial score (nSPS) is 11.9. The minimum atomic E-state index is -4.31. The summed E-state index contributed by atoms with van der Waals surface area (Å²) in [5.41, 5.74) is 2.39. The summed E-state index contributed by atoms with van der Waals surface area (Å²) in [7, 11) is -1.40. The second kappa shape index (κ2) is 16.9. The highest BCUT2D eigenvalue weighted by molar-refractivity contribution is 7.92. The van der Waals surface area contributed by atoms with Crippen LogP contribution in [-0.2, 0) is 32.6 Å². The highest BCUT2D eigenvalue weighted by atomic mass is 35.5. The molecule has 260 valence electrons. The van der Waals surface area contributed by atoms with Gasteiger partial charge < -0.3 is 19.7 Å². The number of nitrogens with one attached hydrogen (secondary N) is 1. The van der Waals surface area contributed by atoms with Gasteiger partial charge in [0.25, 0.3) is 10.0 Å². The lowest BCUT2D eigenvalue weighted by atomic mass is 10.0. The molecule has 0 saturated carbocycles. The van der Waals surface area contributed by atoms with E-state index in [2.05, 4.69) is 5.32 Å². The second-order valence-corrected chi connectivity index (χ2v) is 14.7. The topological polar surface area (TPSA) is 105 Å². The summed E-state index contributed by atoms with van der Waals surface area (Å²) in [5.74, 6) is -0.200. The molecule has 1 N–H and O–H groups in total. The van der Waals surface area contributed by atoms with Crippen molar-refractivity contribution in [2.45, 2.75) is 44.7 Å². The average molecular weight is 727 g/mol. The maximum Gasteiger partial charge on any atom is 0.264 e. The largest absolute Gasteiger partial charge is 0.493 e. The molecule has 0 aliphatic carbocycles. The van der Waals surface area contributed by atoms with Gasteiger partial charge in [-0.3, -0.25) is 13.9 Å². The number of ether oxygens (including phenoxy) is 2. The molecule has 0 unspecified atom stereocenters. The van der Waals surface area contributed by atoms with E-state index in [9.17, 15) is 18.0 Å². The monoisotopic (exact) mass is 725 g/mol. The van der Waals surface area contributed by atoms with Crippen molar-refractivity contribution in [2.75, 3.05) is 31.6 Å². The number of hydrogen-bond donors (Lipinski definition) is 1. The van der Waals surface area contributed by atoms with Crippen molar-refractivity contribution in [3.05, 3.63) is 118 Å². The molecule has 4 aromatic carbocycles. The van der Waals surface area contributed by atoms with Crippen LogP contribution < -0.4 is 19.1 Å². The van der Waals surface area contributed by atoms with E-state index in [-0.39, 0.29) is 41.1 Å². The van der Waals surface area contributed by atoms with Gasteiger partial charge in [-0.2, -0.15) is 0 Å². The van der Waals surface area contributed by atoms with E-state index in [1.807, 2.05) is 51.1 Å². The Kier molecular flexibility index (Phi) is 13.0. The molecule has 4 aromatic rings. The van der Waals surface area contributed by atoms with Crippen molar-refractivity contribution in [2.24, 2.45) is 5.92 Å². The lowest BCUT2D eigenvalue weighted by Crippen LogP contribution is -2.53. The Labute approximate surface area is 298 Å². The van der Waals surface area contributed by atoms with Gasteiger partial charge in [0.2, 0.25) is 11.8 Å². The number of amides is 2. The van der Waals surface area contributed by atoms with E-state index in [0.717, 1.165) is 15.4 Å². The Balaban J connectivity index is 1.86. The molecule has 0 saturated heterocycles. The Morgan fingerprint density at radius 3 is 2.14 bits per heavy atom. The molecule has 49 heavy (non-hydrogen) atoms. The number of methoxy groups -OCH3 is 2. The lowest BCUT2D eigenvalue weighted by molar-refractivity contribution is -0.140. The third kappa shape index (κ3) is 9.68. The smallest absolute Gasteiger partial charge is 0.264 e. The number of benzene rings is 4. The van der Waals surface area contributed by atoms with Crippen molar-refractivity contribution in [1.29, 1.82) is 0 Å². The van der Waals surface area contributed by atoms with E-state index in [1.165, 1.54) is 43.4 Å². The summed E-state index contributed by atoms with van der Waals surface area (Å²) < 4.78 is 40.6. The molecule has 0 aliphatic heterocycles. The molecule has 0 heterocycles. The summed E-state index contributed by atoms with van der Waals surface area (Å²) in [5, 5.41) is 3.68. The van der Waals surface area contributed by atoms with Crippen LogP contribution in [0.4, 0.5) is 5.69 Å². The number of aryl methyl sites for hydroxylation is 1. The summed E-state index contributed by atoms with van der Waals surface area (Å²) in [6.45, 7) is 5.45. The fourth-order valence-electron chi connectivity index (χ4n) is 5.16. The van der Waals surface area contributed by atoms with Gasteiger partial charge in [0, 0.05) is 35.6 Å². The zero-order valence-corrected chi connectivity index (χ0v) is 30.5. The second-order valence-electron chi connectivity index (χ2n) is 12.0. The predicted octanol–water partition coefficient (Wildman–Crippen LogP) is 6.93. The van der Waals surface area contributed by atoms with E-state index in [0.29, 0.717) is 27.9 Å². The SMILES string of the molecule is COc1ccc(N(CC(=O)N(Cc2ccc(Cl)cc2Cl)[C@H](Cc2ccccc2)C(=O)NCC(C)C)S(=O)(=O)c2ccc(C)cc2)cc1OC. The molecule has 1 atom stereocenters. The maximum absolute atomic E-state index is 14.7. The molecule has 0 spiro atoms. The third-order valence-corrected chi connectivity index (χ3v) is 10.2. The molecule has 0 radical (unpaired) electrons. The van der Waals surface area contributed by atoms with Crippen LogP contribution in [-0.4, -0.2) is 58.5 Å². The molecule has 0 bridgehead atoms. The number of carbonyl (C=O) groups excluding carboxylic acids is 2. The first-order valence-corrected chi connectivity index (χ1v) is 17.9. The van der Waals surface area contributed by atoms with Crippen LogP contribution in [0.25, 0.3) is 0 Å². The Morgan fingerprint density at radius 1 is 0.857 bits per heavy atom. The van der Waals surface area contributed by atoms with Gasteiger partial charge in [-0.15, -0.1) is 0 Å². The molecule has 0 fully saturated rings. The summed E-state index contributed by atoms with van der Waals surface area (Å²) in [6.07, 6.45) is 0.169. The number of halogens is 2. The number of sulfonamides is 1. The van der Waals surface area contributed by atoms with Crippen LogP contribution in [0.3, 0.4) is 0 Å². The predicted molar refractivity (Wildman–Crippen MR) is 194 cm³/mol. The molecule has 0 aromatic heterocycles. The number of nitrogens with zero attached hydrogens (tertiary/aromatic N) is 2. The van der Waals surface area contributed by atoms with Crippen molar-refractivity contribution < 1.29 is 27.5 Å². The van der Waals surface area contributed by atoms with Crippen molar-refractivity contribution in [3.63, 3.8) is 0 Å². The lowest BCUT2D eigenvalue weighted by Gasteiger charge is -2.34. The number of hydrogen-bond acceptors (Lipinski definition) is 6. The number of rotatable bonds is 15. The first-order chi connectivity index (χ1) is 23.3. The molecule has 0 aliphatic rings. The molecular formula is C37H41Cl2N3O6S. The standard InChI is InChI=1S/C37H41Cl2N3O6S/c1-25(2)22-40-37(44)33(19-27-9-7-6-8-10-27)41(23-28-13-14-29(38)20-32(28)39)36(43)24-42(30-15-18-34(47-4)35(21-30)48-5)49(45,46)31-16-11-26(3)12-17-31/h6-18,20-21,25,33H,19,22-24H2,1-5H3,(H,40,44)/t33-/m1/s1.